The first-order valence-electron chi connectivity index (χ1n) is 7.23. The van der Waals surface area contributed by atoms with Gasteiger partial charge in [0.15, 0.2) is 17.7 Å². The molecule has 8 N–H and O–H groups in total. The van der Waals surface area contributed by atoms with Crippen LogP contribution in [0.25, 0.3) is 11.2 Å². The number of anilines is 1. The highest BCUT2D eigenvalue weighted by Gasteiger charge is 2.45. The number of aromatic nitrogens is 4. The fourth-order valence-corrected chi connectivity index (χ4v) is 3.03. The molecule has 1 aliphatic rings. The second-order valence-electron chi connectivity index (χ2n) is 5.27. The smallest absolute Gasteiger partial charge is 0.387 e. The van der Waals surface area contributed by atoms with Crippen molar-refractivity contribution in [1.29, 1.82) is 0 Å². The lowest BCUT2D eigenvalue weighted by atomic mass is 10.1. The van der Waals surface area contributed by atoms with Gasteiger partial charge >= 0.3 is 15.4 Å². The molecular weight excluding hydrogens is 372 g/mol. The summed E-state index contributed by atoms with van der Waals surface area (Å²) in [6, 6.07) is 0. The van der Waals surface area contributed by atoms with E-state index in [1.165, 1.54) is 17.2 Å². The molecule has 14 nitrogen and oxygen atoms in total. The summed E-state index contributed by atoms with van der Waals surface area (Å²) in [5, 5.41) is 22.2. The van der Waals surface area contributed by atoms with Crippen LogP contribution in [0, 0.1) is 0 Å². The van der Waals surface area contributed by atoms with Crippen molar-refractivity contribution in [2.24, 2.45) is 5.64 Å². The van der Waals surface area contributed by atoms with Gasteiger partial charge in [0.25, 0.3) is 0 Å². The van der Waals surface area contributed by atoms with Crippen LogP contribution in [0.4, 0.5) is 5.82 Å². The van der Waals surface area contributed by atoms with E-state index in [-0.39, 0.29) is 11.5 Å². The standard InChI is InChI=1S/C10H16BN7O7P/c12-8-5-9(15-2-14-8)18(3-16-5)10-7(20)6(19)4(24-10)1-23-26(21,22)25-17-11-13/h2-4,6-7,10,17,19-20H,1,13H2,(H,21,22)(H2,12,14,15). The predicted octanol–water partition coefficient (Wildman–Crippen LogP) is -2.84. The fourth-order valence-electron chi connectivity index (χ4n) is 2.44. The third-order valence-corrected chi connectivity index (χ3v) is 4.45. The second kappa shape index (κ2) is 7.52. The number of ether oxygens (including phenoxy) is 1. The van der Waals surface area contributed by atoms with Crippen LogP contribution in [0.5, 0.6) is 0 Å². The summed E-state index contributed by atoms with van der Waals surface area (Å²) >= 11 is 0. The molecule has 0 aliphatic carbocycles. The molecule has 0 aromatic carbocycles. The van der Waals surface area contributed by atoms with Crippen LogP contribution in [0.1, 0.15) is 6.23 Å². The minimum Gasteiger partial charge on any atom is -0.387 e. The van der Waals surface area contributed by atoms with Crippen LogP contribution in [-0.4, -0.2) is 67.1 Å². The fraction of sp³-hybridized carbons (Fsp3) is 0.500. The highest BCUT2D eigenvalue weighted by Crippen LogP contribution is 2.43. The van der Waals surface area contributed by atoms with Gasteiger partial charge in [-0.1, -0.05) is 0 Å². The molecule has 141 valence electrons. The zero-order valence-corrected chi connectivity index (χ0v) is 14.0. The SMILES string of the molecule is N[B]NOP(=O)(O)OCC1OC(n2cnc3c(N)ncnc32)C(O)C1O. The lowest BCUT2D eigenvalue weighted by molar-refractivity contribution is -0.0520. The maximum atomic E-state index is 11.6. The van der Waals surface area contributed by atoms with Crippen LogP contribution in [0.2, 0.25) is 0 Å². The summed E-state index contributed by atoms with van der Waals surface area (Å²) in [4.78, 5) is 21.3. The third-order valence-electron chi connectivity index (χ3n) is 3.64. The van der Waals surface area contributed by atoms with E-state index in [4.69, 9.17) is 20.6 Å². The first-order chi connectivity index (χ1) is 12.3. The van der Waals surface area contributed by atoms with Crippen LogP contribution < -0.4 is 16.8 Å². The van der Waals surface area contributed by atoms with E-state index in [0.717, 1.165) is 7.55 Å². The molecule has 26 heavy (non-hydrogen) atoms. The molecule has 1 fully saturated rings. The number of nitrogens with two attached hydrogens (primary N) is 2. The van der Waals surface area contributed by atoms with E-state index in [1.807, 2.05) is 5.39 Å². The van der Waals surface area contributed by atoms with Crippen molar-refractivity contribution >= 4 is 32.4 Å². The number of nitrogens with zero attached hydrogens (tertiary/aromatic N) is 4. The summed E-state index contributed by atoms with van der Waals surface area (Å²) in [7, 11) is -3.70. The van der Waals surface area contributed by atoms with Crippen LogP contribution in [-0.2, 0) is 18.5 Å². The zero-order valence-electron chi connectivity index (χ0n) is 13.1. The monoisotopic (exact) mass is 388 g/mol. The number of hydrogen-bond acceptors (Lipinski definition) is 12. The molecule has 3 rings (SSSR count). The highest BCUT2D eigenvalue weighted by atomic mass is 31.2. The molecule has 0 amide bonds. The highest BCUT2D eigenvalue weighted by molar-refractivity contribution is 7.47. The largest absolute Gasteiger partial charge is 0.487 e. The first-order valence-corrected chi connectivity index (χ1v) is 8.73. The van der Waals surface area contributed by atoms with Gasteiger partial charge in [-0.2, -0.15) is 0 Å². The van der Waals surface area contributed by atoms with Gasteiger partial charge in [0.05, 0.1) is 12.9 Å². The van der Waals surface area contributed by atoms with Crippen molar-refractivity contribution in [3.63, 3.8) is 0 Å². The third kappa shape index (κ3) is 3.71. The van der Waals surface area contributed by atoms with E-state index in [2.05, 4.69) is 19.6 Å². The minimum absolute atomic E-state index is 0.143. The Bertz CT molecular complexity index is 824. The topological polar surface area (TPSA) is 213 Å². The van der Waals surface area contributed by atoms with Crippen molar-refractivity contribution in [2.75, 3.05) is 12.3 Å². The van der Waals surface area contributed by atoms with E-state index < -0.39 is 39.0 Å². The number of phosphoric acid groups is 1. The number of aliphatic hydroxyl groups is 2. The van der Waals surface area contributed by atoms with Crippen molar-refractivity contribution < 1.29 is 33.6 Å². The Morgan fingerprint density at radius 2 is 2.15 bits per heavy atom. The number of aliphatic hydroxyl groups excluding tert-OH is 2. The molecule has 0 spiro atoms. The number of fused-ring (bicyclic) bond motifs is 1. The van der Waals surface area contributed by atoms with Crippen LogP contribution in [0.3, 0.4) is 0 Å². The normalized spacial score (nSPS) is 28.3. The number of hydrogen-bond donors (Lipinski definition) is 6. The number of nitrogen functional groups attached to an aromatic ring is 1. The van der Waals surface area contributed by atoms with Gasteiger partial charge in [-0.15, -0.1) is 0 Å². The Kier molecular flexibility index (Phi) is 5.52. The zero-order chi connectivity index (χ0) is 18.9. The maximum absolute atomic E-state index is 11.6. The summed E-state index contributed by atoms with van der Waals surface area (Å²) in [5.41, 5.74) is 11.2. The first kappa shape index (κ1) is 19.1. The lowest BCUT2D eigenvalue weighted by Crippen LogP contribution is -2.34. The van der Waals surface area contributed by atoms with Crippen LogP contribution in [0.15, 0.2) is 12.7 Å². The number of imidazole rings is 1. The van der Waals surface area contributed by atoms with Crippen molar-refractivity contribution in [3.8, 4) is 0 Å². The molecule has 1 aliphatic heterocycles. The molecule has 5 atom stereocenters. The second-order valence-corrected chi connectivity index (χ2v) is 6.65. The molecule has 2 aromatic heterocycles. The number of phosphoric ester groups is 1. The van der Waals surface area contributed by atoms with E-state index in [1.54, 1.807) is 0 Å². The van der Waals surface area contributed by atoms with Crippen molar-refractivity contribution in [2.45, 2.75) is 24.5 Å². The van der Waals surface area contributed by atoms with Gasteiger partial charge in [-0.05, 0) is 0 Å². The summed E-state index contributed by atoms with van der Waals surface area (Å²) in [5.74, 6) is 0.143. The summed E-state index contributed by atoms with van der Waals surface area (Å²) < 4.78 is 27.4. The average molecular weight is 388 g/mol. The van der Waals surface area contributed by atoms with Gasteiger partial charge in [0.1, 0.15) is 30.2 Å². The molecule has 1 radical (unpaired) electrons. The van der Waals surface area contributed by atoms with E-state index in [9.17, 15) is 19.7 Å². The molecule has 1 saturated heterocycles. The molecule has 3 heterocycles. The Morgan fingerprint density at radius 1 is 1.38 bits per heavy atom. The van der Waals surface area contributed by atoms with Crippen molar-refractivity contribution in [1.82, 2.24) is 24.9 Å². The summed E-state index contributed by atoms with van der Waals surface area (Å²) in [6.45, 7) is -0.543. The molecule has 2 aromatic rings. The Labute approximate surface area is 146 Å². The Hall–Kier alpha value is -1.68. The van der Waals surface area contributed by atoms with Crippen LogP contribution >= 0.6 is 7.82 Å². The Morgan fingerprint density at radius 3 is 2.88 bits per heavy atom. The van der Waals surface area contributed by atoms with E-state index in [0.29, 0.717) is 5.52 Å². The lowest BCUT2D eigenvalue weighted by Gasteiger charge is -2.17. The molecule has 0 saturated carbocycles. The maximum Gasteiger partial charge on any atom is 0.487 e. The van der Waals surface area contributed by atoms with Gasteiger partial charge in [-0.3, -0.25) is 9.09 Å². The summed E-state index contributed by atoms with van der Waals surface area (Å²) in [6.07, 6.45) is -2.46. The Balaban J connectivity index is 1.73. The van der Waals surface area contributed by atoms with Gasteiger partial charge < -0.3 is 31.2 Å². The number of rotatable bonds is 7. The van der Waals surface area contributed by atoms with Gasteiger partial charge in [0.2, 0.25) is 0 Å². The minimum atomic E-state index is -4.48. The van der Waals surface area contributed by atoms with Crippen molar-refractivity contribution in [3.05, 3.63) is 12.7 Å². The van der Waals surface area contributed by atoms with Gasteiger partial charge in [-0.25, -0.2) is 29.5 Å². The average Bonchev–Trinajstić information content (AvgIpc) is 3.15. The molecular formula is C10H16BN7O7P. The molecule has 5 unspecified atom stereocenters. The molecule has 0 bridgehead atoms. The van der Waals surface area contributed by atoms with E-state index >= 15 is 0 Å². The quantitative estimate of drug-likeness (QED) is 0.160. The number of nitrogens with one attached hydrogen (secondary N) is 1. The predicted molar refractivity (Wildman–Crippen MR) is 85.6 cm³/mol. The molecule has 16 heteroatoms. The van der Waals surface area contributed by atoms with Gasteiger partial charge in [0, 0.05) is 0 Å².